The van der Waals surface area contributed by atoms with Crippen LogP contribution in [0.1, 0.15) is 46.5 Å². The summed E-state index contributed by atoms with van der Waals surface area (Å²) < 4.78 is 0. The molecule has 0 unspecified atom stereocenters. The first-order valence-corrected chi connectivity index (χ1v) is 5.90. The van der Waals surface area contributed by atoms with Crippen LogP contribution in [0.3, 0.4) is 0 Å². The summed E-state index contributed by atoms with van der Waals surface area (Å²) in [6.45, 7) is 7.61. The quantitative estimate of drug-likeness (QED) is 0.648. The van der Waals surface area contributed by atoms with E-state index in [1.54, 1.807) is 0 Å². The molecule has 1 rings (SSSR count). The van der Waals surface area contributed by atoms with Crippen LogP contribution in [0.5, 0.6) is 0 Å². The summed E-state index contributed by atoms with van der Waals surface area (Å²) in [6, 6.07) is -0.0463. The van der Waals surface area contributed by atoms with E-state index in [0.717, 1.165) is 32.4 Å². The third-order valence-electron chi connectivity index (χ3n) is 1.69. The lowest BCUT2D eigenvalue weighted by Gasteiger charge is -1.89. The standard InChI is InChI=1S/C6H12O2.C3H6N2O.C2H6/c1-2-3-4-5-6(7)8;6-3-4-1-2-5-3;1-2/h2-5H2,1H3,(H,7,8);1-2H2,(H2,4,5,6);1-2H3. The molecule has 0 aromatic carbocycles. The fourth-order valence-corrected chi connectivity index (χ4v) is 0.941. The molecule has 1 aliphatic heterocycles. The largest absolute Gasteiger partial charge is 0.481 e. The number of nitrogens with one attached hydrogen (secondary N) is 2. The molecule has 1 fully saturated rings. The van der Waals surface area contributed by atoms with Gasteiger partial charge in [-0.15, -0.1) is 0 Å². The lowest BCUT2D eigenvalue weighted by atomic mass is 10.2. The van der Waals surface area contributed by atoms with Crippen molar-refractivity contribution in [2.75, 3.05) is 13.1 Å². The molecule has 0 aliphatic carbocycles. The van der Waals surface area contributed by atoms with Crippen molar-refractivity contribution in [1.29, 1.82) is 0 Å². The Hall–Kier alpha value is -1.26. The van der Waals surface area contributed by atoms with E-state index in [0.29, 0.717) is 6.42 Å². The van der Waals surface area contributed by atoms with Crippen LogP contribution >= 0.6 is 0 Å². The van der Waals surface area contributed by atoms with Crippen molar-refractivity contribution in [2.45, 2.75) is 46.5 Å². The lowest BCUT2D eigenvalue weighted by molar-refractivity contribution is -0.137. The smallest absolute Gasteiger partial charge is 0.314 e. The first-order valence-electron chi connectivity index (χ1n) is 5.90. The van der Waals surface area contributed by atoms with Gasteiger partial charge in [0, 0.05) is 19.5 Å². The van der Waals surface area contributed by atoms with Gasteiger partial charge in [-0.2, -0.15) is 0 Å². The summed E-state index contributed by atoms with van der Waals surface area (Å²) >= 11 is 0. The minimum absolute atomic E-state index is 0.0463. The van der Waals surface area contributed by atoms with Crippen LogP contribution in [0, 0.1) is 0 Å². The minimum Gasteiger partial charge on any atom is -0.481 e. The van der Waals surface area contributed by atoms with E-state index >= 15 is 0 Å². The van der Waals surface area contributed by atoms with Crippen LogP contribution in [-0.4, -0.2) is 30.2 Å². The van der Waals surface area contributed by atoms with E-state index in [1.807, 2.05) is 13.8 Å². The maximum Gasteiger partial charge on any atom is 0.314 e. The number of carboxylic acids is 1. The molecule has 1 saturated heterocycles. The normalized spacial score (nSPS) is 12.3. The highest BCUT2D eigenvalue weighted by molar-refractivity contribution is 5.75. The number of hydrogen-bond donors (Lipinski definition) is 3. The summed E-state index contributed by atoms with van der Waals surface area (Å²) in [4.78, 5) is 19.9. The van der Waals surface area contributed by atoms with E-state index in [4.69, 9.17) is 5.11 Å². The number of unbranched alkanes of at least 4 members (excludes halogenated alkanes) is 2. The van der Waals surface area contributed by atoms with Crippen molar-refractivity contribution in [3.8, 4) is 0 Å². The topological polar surface area (TPSA) is 78.4 Å². The second kappa shape index (κ2) is 13.7. The first-order chi connectivity index (χ1) is 7.66. The van der Waals surface area contributed by atoms with Gasteiger partial charge < -0.3 is 15.7 Å². The number of urea groups is 1. The molecule has 0 radical (unpaired) electrons. The van der Waals surface area contributed by atoms with Crippen LogP contribution in [0.25, 0.3) is 0 Å². The van der Waals surface area contributed by atoms with Gasteiger partial charge in [-0.1, -0.05) is 33.6 Å². The van der Waals surface area contributed by atoms with Gasteiger partial charge in [0.2, 0.25) is 0 Å². The number of aliphatic carboxylic acids is 1. The minimum atomic E-state index is -0.682. The number of hydrogen-bond acceptors (Lipinski definition) is 2. The Morgan fingerprint density at radius 2 is 1.75 bits per heavy atom. The first kappa shape index (κ1) is 17.1. The second-order valence-electron chi connectivity index (χ2n) is 3.03. The summed E-state index contributed by atoms with van der Waals surface area (Å²) in [5, 5.41) is 13.3. The maximum atomic E-state index is 10.0. The lowest BCUT2D eigenvalue weighted by Crippen LogP contribution is -2.20. The van der Waals surface area contributed by atoms with Crippen LogP contribution in [-0.2, 0) is 4.79 Å². The number of carbonyl (C=O) groups is 2. The van der Waals surface area contributed by atoms with Gasteiger partial charge in [0.1, 0.15) is 0 Å². The number of carboxylic acid groups (broad SMARTS) is 1. The van der Waals surface area contributed by atoms with Gasteiger partial charge >= 0.3 is 12.0 Å². The zero-order valence-electron chi connectivity index (χ0n) is 10.5. The monoisotopic (exact) mass is 232 g/mol. The average molecular weight is 232 g/mol. The highest BCUT2D eigenvalue weighted by Crippen LogP contribution is 1.97. The highest BCUT2D eigenvalue weighted by atomic mass is 16.4. The number of amides is 2. The van der Waals surface area contributed by atoms with Crippen molar-refractivity contribution >= 4 is 12.0 Å². The predicted molar refractivity (Wildman–Crippen MR) is 64.5 cm³/mol. The molecule has 96 valence electrons. The van der Waals surface area contributed by atoms with Crippen molar-refractivity contribution in [2.24, 2.45) is 0 Å². The number of rotatable bonds is 4. The van der Waals surface area contributed by atoms with E-state index in [9.17, 15) is 9.59 Å². The Morgan fingerprint density at radius 1 is 1.25 bits per heavy atom. The molecular weight excluding hydrogens is 208 g/mol. The molecule has 0 aromatic heterocycles. The molecule has 0 atom stereocenters. The maximum absolute atomic E-state index is 10.0. The Bertz CT molecular complexity index is 176. The van der Waals surface area contributed by atoms with E-state index in [1.165, 1.54) is 0 Å². The molecule has 0 bridgehead atoms. The molecule has 0 aromatic rings. The molecule has 5 nitrogen and oxygen atoms in total. The van der Waals surface area contributed by atoms with Crippen LogP contribution in [0.2, 0.25) is 0 Å². The second-order valence-corrected chi connectivity index (χ2v) is 3.03. The van der Waals surface area contributed by atoms with Gasteiger partial charge in [-0.25, -0.2) is 4.79 Å². The van der Waals surface area contributed by atoms with Crippen LogP contribution < -0.4 is 10.6 Å². The molecule has 0 spiro atoms. The molecule has 3 N–H and O–H groups in total. The summed E-state index contributed by atoms with van der Waals surface area (Å²) in [5.74, 6) is -0.682. The fraction of sp³-hybridized carbons (Fsp3) is 0.818. The molecule has 1 aliphatic rings. The molecular formula is C11H24N2O3. The SMILES string of the molecule is CC.CCCCCC(=O)O.O=C1NCCN1. The van der Waals surface area contributed by atoms with Crippen LogP contribution in [0.4, 0.5) is 4.79 Å². The summed E-state index contributed by atoms with van der Waals surface area (Å²) in [6.07, 6.45) is 3.28. The zero-order chi connectivity index (χ0) is 12.8. The fourth-order valence-electron chi connectivity index (χ4n) is 0.941. The van der Waals surface area contributed by atoms with Gasteiger partial charge in [0.25, 0.3) is 0 Å². The Morgan fingerprint density at radius 3 is 2.00 bits per heavy atom. The summed E-state index contributed by atoms with van der Waals surface area (Å²) in [5.41, 5.74) is 0. The number of carbonyl (C=O) groups excluding carboxylic acids is 1. The molecule has 5 heteroatoms. The van der Waals surface area contributed by atoms with Gasteiger partial charge in [0.15, 0.2) is 0 Å². The van der Waals surface area contributed by atoms with Crippen molar-refractivity contribution in [1.82, 2.24) is 10.6 Å². The molecule has 1 heterocycles. The van der Waals surface area contributed by atoms with Gasteiger partial charge in [-0.3, -0.25) is 4.79 Å². The zero-order valence-corrected chi connectivity index (χ0v) is 10.5. The van der Waals surface area contributed by atoms with E-state index < -0.39 is 5.97 Å². The molecule has 0 saturated carbocycles. The average Bonchev–Trinajstić information content (AvgIpc) is 2.73. The van der Waals surface area contributed by atoms with Crippen molar-refractivity contribution in [3.63, 3.8) is 0 Å². The van der Waals surface area contributed by atoms with Gasteiger partial charge in [-0.05, 0) is 6.42 Å². The van der Waals surface area contributed by atoms with E-state index in [2.05, 4.69) is 17.6 Å². The van der Waals surface area contributed by atoms with Crippen molar-refractivity contribution in [3.05, 3.63) is 0 Å². The third-order valence-corrected chi connectivity index (χ3v) is 1.69. The Labute approximate surface area is 97.6 Å². The van der Waals surface area contributed by atoms with Gasteiger partial charge in [0.05, 0.1) is 0 Å². The van der Waals surface area contributed by atoms with Crippen LogP contribution in [0.15, 0.2) is 0 Å². The Kier molecular flexibility index (Phi) is 14.7. The molecule has 16 heavy (non-hydrogen) atoms. The van der Waals surface area contributed by atoms with E-state index in [-0.39, 0.29) is 6.03 Å². The summed E-state index contributed by atoms with van der Waals surface area (Å²) in [7, 11) is 0. The predicted octanol–water partition coefficient (Wildman–Crippen LogP) is 1.98. The third kappa shape index (κ3) is 15.2. The molecule has 2 amide bonds. The Balaban J connectivity index is 0. The highest BCUT2D eigenvalue weighted by Gasteiger charge is 2.03. The van der Waals surface area contributed by atoms with Crippen molar-refractivity contribution < 1.29 is 14.7 Å².